The largest absolute Gasteiger partial charge is 0.298 e. The van der Waals surface area contributed by atoms with Crippen LogP contribution in [0.2, 0.25) is 5.02 Å². The summed E-state index contributed by atoms with van der Waals surface area (Å²) in [6.45, 7) is 0. The summed E-state index contributed by atoms with van der Waals surface area (Å²) in [6, 6.07) is 10.3. The van der Waals surface area contributed by atoms with Crippen molar-refractivity contribution in [3.63, 3.8) is 0 Å². The highest BCUT2D eigenvalue weighted by Gasteiger charge is 2.23. The molecule has 3 aromatic rings. The Morgan fingerprint density at radius 1 is 1.09 bits per heavy atom. The first-order chi connectivity index (χ1) is 11.0. The van der Waals surface area contributed by atoms with Crippen molar-refractivity contribution >= 4 is 33.8 Å². The van der Waals surface area contributed by atoms with E-state index < -0.39 is 11.6 Å². The number of aromatic nitrogens is 2. The Morgan fingerprint density at radius 2 is 1.74 bits per heavy atom. The average molecular weight is 398 g/mol. The number of aldehydes is 1. The minimum absolute atomic E-state index is 0.0360. The number of para-hydroxylation sites is 1. The Bertz CT molecular complexity index is 891. The van der Waals surface area contributed by atoms with Gasteiger partial charge in [0, 0.05) is 0 Å². The van der Waals surface area contributed by atoms with Crippen molar-refractivity contribution in [1.29, 1.82) is 0 Å². The minimum Gasteiger partial charge on any atom is -0.298 e. The number of hydrogen-bond donors (Lipinski definition) is 0. The Kier molecular flexibility index (Phi) is 4.28. The number of carbonyl (C=O) groups excluding carboxylic acids is 1. The molecule has 2 aromatic carbocycles. The van der Waals surface area contributed by atoms with Crippen molar-refractivity contribution in [2.45, 2.75) is 0 Å². The van der Waals surface area contributed by atoms with Crippen LogP contribution in [0.4, 0.5) is 8.78 Å². The highest BCUT2D eigenvalue weighted by molar-refractivity contribution is 9.10. The van der Waals surface area contributed by atoms with E-state index in [4.69, 9.17) is 11.6 Å². The number of halogens is 4. The van der Waals surface area contributed by atoms with Gasteiger partial charge in [-0.05, 0) is 40.2 Å². The first kappa shape index (κ1) is 15.8. The minimum atomic E-state index is -0.801. The Balaban J connectivity index is 2.31. The SMILES string of the molecule is O=Cc1c(-c2c(F)cccc2F)nn(-c2ccccc2Cl)c1Br. The van der Waals surface area contributed by atoms with Crippen molar-refractivity contribution in [3.8, 4) is 16.9 Å². The molecule has 0 unspecified atom stereocenters. The third-order valence-corrected chi connectivity index (χ3v) is 4.34. The number of nitrogens with zero attached hydrogens (tertiary/aromatic N) is 2. The monoisotopic (exact) mass is 396 g/mol. The molecule has 0 aliphatic carbocycles. The van der Waals surface area contributed by atoms with Crippen LogP contribution in [0.5, 0.6) is 0 Å². The van der Waals surface area contributed by atoms with Crippen molar-refractivity contribution < 1.29 is 13.6 Å². The zero-order chi connectivity index (χ0) is 16.6. The zero-order valence-electron chi connectivity index (χ0n) is 11.4. The molecule has 0 spiro atoms. The fourth-order valence-electron chi connectivity index (χ4n) is 2.21. The smallest absolute Gasteiger partial charge is 0.155 e. The van der Waals surface area contributed by atoms with E-state index in [2.05, 4.69) is 21.0 Å². The van der Waals surface area contributed by atoms with Crippen LogP contribution in [-0.4, -0.2) is 16.1 Å². The van der Waals surface area contributed by atoms with Crippen LogP contribution in [0.1, 0.15) is 10.4 Å². The van der Waals surface area contributed by atoms with E-state index in [-0.39, 0.29) is 21.4 Å². The molecule has 0 saturated heterocycles. The molecule has 1 aromatic heterocycles. The Hall–Kier alpha value is -2.05. The van der Waals surface area contributed by atoms with Gasteiger partial charge in [-0.1, -0.05) is 29.8 Å². The van der Waals surface area contributed by atoms with Gasteiger partial charge >= 0.3 is 0 Å². The summed E-state index contributed by atoms with van der Waals surface area (Å²) < 4.78 is 29.6. The van der Waals surface area contributed by atoms with E-state index in [0.29, 0.717) is 17.0 Å². The van der Waals surface area contributed by atoms with Gasteiger partial charge in [-0.25, -0.2) is 13.5 Å². The van der Waals surface area contributed by atoms with Crippen molar-refractivity contribution in [3.05, 3.63) is 69.3 Å². The highest BCUT2D eigenvalue weighted by Crippen LogP contribution is 2.34. The molecule has 0 saturated carbocycles. The summed E-state index contributed by atoms with van der Waals surface area (Å²) in [6.07, 6.45) is 0.492. The lowest BCUT2D eigenvalue weighted by Crippen LogP contribution is -1.98. The van der Waals surface area contributed by atoms with Gasteiger partial charge in [0.15, 0.2) is 6.29 Å². The topological polar surface area (TPSA) is 34.9 Å². The van der Waals surface area contributed by atoms with Crippen LogP contribution >= 0.6 is 27.5 Å². The number of hydrogen-bond acceptors (Lipinski definition) is 2. The Labute approximate surface area is 143 Å². The Morgan fingerprint density at radius 3 is 2.35 bits per heavy atom. The van der Waals surface area contributed by atoms with Gasteiger partial charge in [0.1, 0.15) is 21.9 Å². The molecule has 0 amide bonds. The summed E-state index contributed by atoms with van der Waals surface area (Å²) in [5.74, 6) is -1.60. The van der Waals surface area contributed by atoms with Crippen LogP contribution in [0, 0.1) is 11.6 Å². The normalized spacial score (nSPS) is 10.8. The van der Waals surface area contributed by atoms with Crippen molar-refractivity contribution in [1.82, 2.24) is 9.78 Å². The van der Waals surface area contributed by atoms with Gasteiger partial charge in [0.05, 0.1) is 21.8 Å². The standard InChI is InChI=1S/C16H8BrClF2N2O/c17-16-9(8-23)15(14-11(19)5-3-6-12(14)20)21-22(16)13-7-2-1-4-10(13)18/h1-8H. The molecule has 0 N–H and O–H groups in total. The lowest BCUT2D eigenvalue weighted by molar-refractivity contribution is 0.112. The first-order valence-electron chi connectivity index (χ1n) is 6.47. The fourth-order valence-corrected chi connectivity index (χ4v) is 2.97. The summed E-state index contributed by atoms with van der Waals surface area (Å²) >= 11 is 9.37. The zero-order valence-corrected chi connectivity index (χ0v) is 13.8. The van der Waals surface area contributed by atoms with Crippen LogP contribution in [0.25, 0.3) is 16.9 Å². The van der Waals surface area contributed by atoms with Crippen molar-refractivity contribution in [2.24, 2.45) is 0 Å². The number of benzene rings is 2. The summed E-state index contributed by atoms with van der Waals surface area (Å²) in [5.41, 5.74) is 0.0598. The van der Waals surface area contributed by atoms with Gasteiger partial charge in [-0.3, -0.25) is 4.79 Å². The van der Waals surface area contributed by atoms with Crippen molar-refractivity contribution in [2.75, 3.05) is 0 Å². The lowest BCUT2D eigenvalue weighted by atomic mass is 10.1. The maximum absolute atomic E-state index is 14.0. The molecule has 3 rings (SSSR count). The molecule has 23 heavy (non-hydrogen) atoms. The third kappa shape index (κ3) is 2.68. The van der Waals surface area contributed by atoms with E-state index >= 15 is 0 Å². The van der Waals surface area contributed by atoms with Crippen LogP contribution in [0.15, 0.2) is 47.1 Å². The molecule has 0 atom stereocenters. The van der Waals surface area contributed by atoms with Crippen LogP contribution in [0.3, 0.4) is 0 Å². The van der Waals surface area contributed by atoms with E-state index in [1.54, 1.807) is 24.3 Å². The van der Waals surface area contributed by atoms with Crippen LogP contribution in [-0.2, 0) is 0 Å². The predicted octanol–water partition coefficient (Wildman–Crippen LogP) is 5.05. The average Bonchev–Trinajstić information content (AvgIpc) is 2.84. The van der Waals surface area contributed by atoms with Gasteiger partial charge in [-0.15, -0.1) is 0 Å². The second kappa shape index (κ2) is 6.22. The third-order valence-electron chi connectivity index (χ3n) is 3.26. The summed E-state index contributed by atoms with van der Waals surface area (Å²) in [5, 5.41) is 4.56. The van der Waals surface area contributed by atoms with E-state index in [1.807, 2.05) is 0 Å². The van der Waals surface area contributed by atoms with E-state index in [1.165, 1.54) is 10.7 Å². The van der Waals surface area contributed by atoms with Crippen LogP contribution < -0.4 is 0 Å². The molecule has 0 radical (unpaired) electrons. The molecular formula is C16H8BrClF2N2O. The maximum Gasteiger partial charge on any atom is 0.155 e. The molecular weight excluding hydrogens is 390 g/mol. The highest BCUT2D eigenvalue weighted by atomic mass is 79.9. The number of rotatable bonds is 3. The van der Waals surface area contributed by atoms with Gasteiger partial charge in [0.25, 0.3) is 0 Å². The molecule has 0 fully saturated rings. The molecule has 7 heteroatoms. The molecule has 3 nitrogen and oxygen atoms in total. The predicted molar refractivity (Wildman–Crippen MR) is 87.0 cm³/mol. The number of carbonyl (C=O) groups is 1. The molecule has 0 bridgehead atoms. The summed E-state index contributed by atoms with van der Waals surface area (Å²) in [7, 11) is 0. The second-order valence-electron chi connectivity index (χ2n) is 4.63. The lowest BCUT2D eigenvalue weighted by Gasteiger charge is -2.05. The molecule has 1 heterocycles. The van der Waals surface area contributed by atoms with Gasteiger partial charge in [0.2, 0.25) is 0 Å². The van der Waals surface area contributed by atoms with E-state index in [0.717, 1.165) is 12.1 Å². The maximum atomic E-state index is 14.0. The summed E-state index contributed by atoms with van der Waals surface area (Å²) in [4.78, 5) is 11.4. The molecule has 0 aliphatic rings. The fraction of sp³-hybridized carbons (Fsp3) is 0. The molecule has 116 valence electrons. The van der Waals surface area contributed by atoms with Gasteiger partial charge in [-0.2, -0.15) is 5.10 Å². The molecule has 0 aliphatic heterocycles. The van der Waals surface area contributed by atoms with E-state index in [9.17, 15) is 13.6 Å². The quantitative estimate of drug-likeness (QED) is 0.580. The first-order valence-corrected chi connectivity index (χ1v) is 7.64. The van der Waals surface area contributed by atoms with Gasteiger partial charge < -0.3 is 0 Å². The second-order valence-corrected chi connectivity index (χ2v) is 5.79.